The Bertz CT molecular complexity index is 974. The molecule has 2 aromatic heterocycles. The van der Waals surface area contributed by atoms with E-state index in [1.54, 1.807) is 7.11 Å². The van der Waals surface area contributed by atoms with Crippen molar-refractivity contribution >= 4 is 32.8 Å². The van der Waals surface area contributed by atoms with E-state index < -0.39 is 0 Å². The molecular weight excluding hydrogens is 418 g/mol. The van der Waals surface area contributed by atoms with E-state index in [1.807, 2.05) is 30.5 Å². The maximum atomic E-state index is 5.25. The van der Waals surface area contributed by atoms with Crippen molar-refractivity contribution in [3.63, 3.8) is 0 Å². The molecule has 3 aromatic rings. The third kappa shape index (κ3) is 3.49. The Hall–Kier alpha value is -2.12. The number of fused-ring (bicyclic) bond motifs is 1. The third-order valence-electron chi connectivity index (χ3n) is 5.71. The summed E-state index contributed by atoms with van der Waals surface area (Å²) in [5, 5.41) is 0. The van der Waals surface area contributed by atoms with Crippen LogP contribution in [-0.2, 0) is 0 Å². The summed E-state index contributed by atoms with van der Waals surface area (Å²) < 4.78 is 6.27. The second kappa shape index (κ2) is 7.37. The number of ether oxygens (including phenoxy) is 1. The molecule has 0 atom stereocenters. The highest BCUT2D eigenvalue weighted by Crippen LogP contribution is 2.35. The standard InChI is InChI=1S/C21H24BrN5O/c1-28-16-6-4-15(5-7-16)20-24-18-19(17(22)12-23-21(18)25-20)27-10-8-26(9-11-27)13-14-2-3-14/h4-7,12,14H,2-3,8-11,13H2,1H3,(H,23,24,25). The molecular formula is C21H24BrN5O. The number of aromatic amines is 1. The van der Waals surface area contributed by atoms with Gasteiger partial charge in [-0.25, -0.2) is 9.97 Å². The molecule has 6 nitrogen and oxygen atoms in total. The van der Waals surface area contributed by atoms with E-state index in [-0.39, 0.29) is 0 Å². The minimum Gasteiger partial charge on any atom is -0.497 e. The SMILES string of the molecule is COc1ccc(-c2nc3ncc(Br)c(N4CCN(CC5CC5)CC4)c3[nH]2)cc1. The first kappa shape index (κ1) is 17.9. The second-order valence-electron chi connectivity index (χ2n) is 7.70. The van der Waals surface area contributed by atoms with E-state index in [0.29, 0.717) is 0 Å². The largest absolute Gasteiger partial charge is 0.497 e. The Kier molecular flexibility index (Phi) is 4.72. The maximum absolute atomic E-state index is 5.25. The smallest absolute Gasteiger partial charge is 0.180 e. The average molecular weight is 442 g/mol. The fourth-order valence-electron chi connectivity index (χ4n) is 3.94. The van der Waals surface area contributed by atoms with Crippen LogP contribution in [0.1, 0.15) is 12.8 Å². The summed E-state index contributed by atoms with van der Waals surface area (Å²) in [7, 11) is 1.67. The zero-order chi connectivity index (χ0) is 19.1. The van der Waals surface area contributed by atoms with Gasteiger partial charge < -0.3 is 14.6 Å². The van der Waals surface area contributed by atoms with Gasteiger partial charge in [0.25, 0.3) is 0 Å². The molecule has 0 amide bonds. The minimum absolute atomic E-state index is 0.754. The topological polar surface area (TPSA) is 57.3 Å². The van der Waals surface area contributed by atoms with Crippen molar-refractivity contribution in [1.29, 1.82) is 0 Å². The number of piperazine rings is 1. The summed E-state index contributed by atoms with van der Waals surface area (Å²) in [5.74, 6) is 2.62. The van der Waals surface area contributed by atoms with Crippen molar-refractivity contribution in [2.75, 3.05) is 44.7 Å². The van der Waals surface area contributed by atoms with Crippen LogP contribution in [-0.4, -0.2) is 59.7 Å². The first-order valence-corrected chi connectivity index (χ1v) is 10.7. The molecule has 1 aliphatic heterocycles. The lowest BCUT2D eigenvalue weighted by Gasteiger charge is -2.36. The fourth-order valence-corrected chi connectivity index (χ4v) is 4.49. The molecule has 1 saturated heterocycles. The molecule has 3 heterocycles. The molecule has 7 heteroatoms. The lowest BCUT2D eigenvalue weighted by molar-refractivity contribution is 0.248. The predicted octanol–water partition coefficient (Wildman–Crippen LogP) is 3.93. The first-order valence-electron chi connectivity index (χ1n) is 9.87. The van der Waals surface area contributed by atoms with E-state index >= 15 is 0 Å². The van der Waals surface area contributed by atoms with Gasteiger partial charge in [-0.3, -0.25) is 4.90 Å². The molecule has 5 rings (SSSR count). The highest BCUT2D eigenvalue weighted by Gasteiger charge is 2.28. The van der Waals surface area contributed by atoms with Crippen LogP contribution in [0, 0.1) is 5.92 Å². The molecule has 2 fully saturated rings. The van der Waals surface area contributed by atoms with Crippen LogP contribution in [0.15, 0.2) is 34.9 Å². The van der Waals surface area contributed by atoms with Gasteiger partial charge in [-0.2, -0.15) is 0 Å². The Labute approximate surface area is 173 Å². The van der Waals surface area contributed by atoms with E-state index in [9.17, 15) is 0 Å². The zero-order valence-electron chi connectivity index (χ0n) is 16.0. The summed E-state index contributed by atoms with van der Waals surface area (Å²) in [4.78, 5) is 17.8. The highest BCUT2D eigenvalue weighted by molar-refractivity contribution is 9.10. The minimum atomic E-state index is 0.754. The number of pyridine rings is 1. The van der Waals surface area contributed by atoms with Crippen molar-refractivity contribution in [2.45, 2.75) is 12.8 Å². The lowest BCUT2D eigenvalue weighted by Crippen LogP contribution is -2.47. The quantitative estimate of drug-likeness (QED) is 0.649. The molecule has 1 aromatic carbocycles. The van der Waals surface area contributed by atoms with Crippen molar-refractivity contribution in [1.82, 2.24) is 19.9 Å². The van der Waals surface area contributed by atoms with E-state index in [0.717, 1.165) is 64.9 Å². The molecule has 0 spiro atoms. The van der Waals surface area contributed by atoms with Crippen LogP contribution in [0.2, 0.25) is 0 Å². The zero-order valence-corrected chi connectivity index (χ0v) is 17.6. The number of nitrogens with one attached hydrogen (secondary N) is 1. The molecule has 0 unspecified atom stereocenters. The molecule has 2 aliphatic rings. The summed E-state index contributed by atoms with van der Waals surface area (Å²) >= 11 is 3.72. The normalized spacial score (nSPS) is 18.0. The molecule has 0 bridgehead atoms. The second-order valence-corrected chi connectivity index (χ2v) is 8.55. The van der Waals surface area contributed by atoms with Gasteiger partial charge in [-0.15, -0.1) is 0 Å². The number of hydrogen-bond acceptors (Lipinski definition) is 5. The number of imidazole rings is 1. The summed E-state index contributed by atoms with van der Waals surface area (Å²) in [6, 6.07) is 7.93. The number of halogens is 1. The van der Waals surface area contributed by atoms with Crippen molar-refractivity contribution < 1.29 is 4.74 Å². The van der Waals surface area contributed by atoms with Crippen molar-refractivity contribution in [3.8, 4) is 17.1 Å². The number of aromatic nitrogens is 3. The van der Waals surface area contributed by atoms with Gasteiger partial charge in [0, 0.05) is 44.5 Å². The first-order chi connectivity index (χ1) is 13.7. The number of methoxy groups -OCH3 is 1. The number of nitrogens with zero attached hydrogens (tertiary/aromatic N) is 4. The number of benzene rings is 1. The lowest BCUT2D eigenvalue weighted by atomic mass is 10.2. The summed E-state index contributed by atoms with van der Waals surface area (Å²) in [5.41, 5.74) is 3.94. The van der Waals surface area contributed by atoms with Gasteiger partial charge >= 0.3 is 0 Å². The van der Waals surface area contributed by atoms with Gasteiger partial charge in [-0.1, -0.05) is 0 Å². The molecule has 1 saturated carbocycles. The number of anilines is 1. The monoisotopic (exact) mass is 441 g/mol. The summed E-state index contributed by atoms with van der Waals surface area (Å²) in [6.45, 7) is 5.56. The van der Waals surface area contributed by atoms with Gasteiger partial charge in [0.15, 0.2) is 5.65 Å². The average Bonchev–Trinajstić information content (AvgIpc) is 3.44. The Morgan fingerprint density at radius 1 is 1.14 bits per heavy atom. The van der Waals surface area contributed by atoms with Crippen LogP contribution in [0.3, 0.4) is 0 Å². The third-order valence-corrected chi connectivity index (χ3v) is 6.29. The Morgan fingerprint density at radius 2 is 1.89 bits per heavy atom. The molecule has 1 aliphatic carbocycles. The van der Waals surface area contributed by atoms with E-state index in [4.69, 9.17) is 9.72 Å². The number of hydrogen-bond donors (Lipinski definition) is 1. The van der Waals surface area contributed by atoms with Crippen LogP contribution in [0.4, 0.5) is 5.69 Å². The molecule has 0 radical (unpaired) electrons. The van der Waals surface area contributed by atoms with E-state index in [2.05, 4.69) is 35.7 Å². The van der Waals surface area contributed by atoms with Crippen LogP contribution in [0.5, 0.6) is 5.75 Å². The van der Waals surface area contributed by atoms with Crippen molar-refractivity contribution in [2.24, 2.45) is 5.92 Å². The predicted molar refractivity (Wildman–Crippen MR) is 115 cm³/mol. The van der Waals surface area contributed by atoms with Gasteiger partial charge in [0.1, 0.15) is 17.1 Å². The fraction of sp³-hybridized carbons (Fsp3) is 0.429. The van der Waals surface area contributed by atoms with Crippen LogP contribution < -0.4 is 9.64 Å². The van der Waals surface area contributed by atoms with Crippen molar-refractivity contribution in [3.05, 3.63) is 34.9 Å². The maximum Gasteiger partial charge on any atom is 0.180 e. The highest BCUT2D eigenvalue weighted by atomic mass is 79.9. The van der Waals surface area contributed by atoms with Crippen LogP contribution >= 0.6 is 15.9 Å². The van der Waals surface area contributed by atoms with Crippen LogP contribution in [0.25, 0.3) is 22.6 Å². The number of H-pyrrole nitrogens is 1. The van der Waals surface area contributed by atoms with Gasteiger partial charge in [0.2, 0.25) is 0 Å². The van der Waals surface area contributed by atoms with Gasteiger partial charge in [0.05, 0.1) is 17.3 Å². The molecule has 28 heavy (non-hydrogen) atoms. The molecule has 1 N–H and O–H groups in total. The summed E-state index contributed by atoms with van der Waals surface area (Å²) in [6.07, 6.45) is 4.70. The Morgan fingerprint density at radius 3 is 2.57 bits per heavy atom. The van der Waals surface area contributed by atoms with E-state index in [1.165, 1.54) is 25.1 Å². The molecule has 146 valence electrons. The Balaban J connectivity index is 1.43. The van der Waals surface area contributed by atoms with Gasteiger partial charge in [-0.05, 0) is 59.0 Å². The number of rotatable bonds is 5.